The monoisotopic (exact) mass is 230 g/mol. The molecule has 4 nitrogen and oxygen atoms in total. The van der Waals surface area contributed by atoms with Gasteiger partial charge in [-0.1, -0.05) is 22.9 Å². The van der Waals surface area contributed by atoms with Crippen LogP contribution in [0.3, 0.4) is 0 Å². The molecule has 0 unspecified atom stereocenters. The number of carbonyl (C=O) groups excluding carboxylic acids is 1. The number of anilines is 1. The molecule has 0 spiro atoms. The first kappa shape index (κ1) is 11.4. The minimum Gasteiger partial charge on any atom is -0.361 e. The first-order chi connectivity index (χ1) is 8.08. The Balaban J connectivity index is 2.17. The van der Waals surface area contributed by atoms with E-state index in [4.69, 9.17) is 4.52 Å². The Morgan fingerprint density at radius 3 is 2.35 bits per heavy atom. The highest BCUT2D eigenvalue weighted by Crippen LogP contribution is 2.14. The van der Waals surface area contributed by atoms with Gasteiger partial charge in [-0.15, -0.1) is 0 Å². The smallest absolute Gasteiger partial charge is 0.278 e. The maximum Gasteiger partial charge on any atom is 0.278 e. The lowest BCUT2D eigenvalue weighted by atomic mass is 10.2. The van der Waals surface area contributed by atoms with Crippen LogP contribution < -0.4 is 5.32 Å². The third-order valence-electron chi connectivity index (χ3n) is 2.68. The molecule has 2 aromatic rings. The molecule has 0 radical (unpaired) electrons. The zero-order valence-electron chi connectivity index (χ0n) is 10.1. The second-order valence-corrected chi connectivity index (χ2v) is 4.03. The third kappa shape index (κ3) is 2.36. The van der Waals surface area contributed by atoms with Crippen LogP contribution in [0.2, 0.25) is 0 Å². The van der Waals surface area contributed by atoms with Crippen molar-refractivity contribution in [1.29, 1.82) is 0 Å². The molecule has 0 bridgehead atoms. The molecule has 2 rings (SSSR count). The summed E-state index contributed by atoms with van der Waals surface area (Å²) in [5.74, 6) is 0.419. The van der Waals surface area contributed by atoms with Crippen molar-refractivity contribution in [2.24, 2.45) is 0 Å². The Bertz CT molecular complexity index is 541. The summed E-state index contributed by atoms with van der Waals surface area (Å²) in [6, 6.07) is 7.60. The van der Waals surface area contributed by atoms with Crippen LogP contribution in [0.5, 0.6) is 0 Å². The van der Waals surface area contributed by atoms with Crippen molar-refractivity contribution in [2.45, 2.75) is 20.8 Å². The molecule has 0 fully saturated rings. The van der Waals surface area contributed by atoms with Crippen LogP contribution in [0, 0.1) is 20.8 Å². The van der Waals surface area contributed by atoms with Crippen LogP contribution in [0.15, 0.2) is 28.8 Å². The van der Waals surface area contributed by atoms with Crippen molar-refractivity contribution < 1.29 is 9.32 Å². The summed E-state index contributed by atoms with van der Waals surface area (Å²) in [4.78, 5) is 11.9. The summed E-state index contributed by atoms with van der Waals surface area (Å²) in [5, 5.41) is 6.52. The van der Waals surface area contributed by atoms with E-state index in [-0.39, 0.29) is 5.91 Å². The normalized spacial score (nSPS) is 10.3. The van der Waals surface area contributed by atoms with E-state index in [9.17, 15) is 4.79 Å². The first-order valence-corrected chi connectivity index (χ1v) is 5.39. The van der Waals surface area contributed by atoms with Gasteiger partial charge < -0.3 is 9.84 Å². The van der Waals surface area contributed by atoms with Gasteiger partial charge in [-0.25, -0.2) is 0 Å². The second-order valence-electron chi connectivity index (χ2n) is 4.03. The van der Waals surface area contributed by atoms with Crippen LogP contribution in [0.4, 0.5) is 5.69 Å². The van der Waals surface area contributed by atoms with Crippen LogP contribution >= 0.6 is 0 Å². The number of nitrogens with one attached hydrogen (secondary N) is 1. The van der Waals surface area contributed by atoms with Gasteiger partial charge in [0.05, 0.1) is 0 Å². The van der Waals surface area contributed by atoms with Crippen LogP contribution in [0.25, 0.3) is 0 Å². The molecule has 0 aliphatic heterocycles. The van der Waals surface area contributed by atoms with Crippen LogP contribution in [-0.2, 0) is 0 Å². The molecule has 0 saturated heterocycles. The number of rotatable bonds is 2. The quantitative estimate of drug-likeness (QED) is 0.863. The Hall–Kier alpha value is -2.10. The van der Waals surface area contributed by atoms with E-state index >= 15 is 0 Å². The van der Waals surface area contributed by atoms with Gasteiger partial charge in [-0.05, 0) is 32.9 Å². The Morgan fingerprint density at radius 1 is 1.18 bits per heavy atom. The molecule has 88 valence electrons. The fourth-order valence-electron chi connectivity index (χ4n) is 1.46. The summed E-state index contributed by atoms with van der Waals surface area (Å²) >= 11 is 0. The molecule has 1 aromatic carbocycles. The molecule has 0 aliphatic carbocycles. The standard InChI is InChI=1S/C13H14N2O2/c1-8-4-6-11(7-5-8)14-13(16)12-9(2)10(3)17-15-12/h4-7H,1-3H3,(H,14,16). The van der Waals surface area contributed by atoms with E-state index in [0.29, 0.717) is 11.5 Å². The van der Waals surface area contributed by atoms with Crippen molar-refractivity contribution >= 4 is 11.6 Å². The number of hydrogen-bond acceptors (Lipinski definition) is 3. The van der Waals surface area contributed by atoms with Gasteiger partial charge in [-0.2, -0.15) is 0 Å². The summed E-state index contributed by atoms with van der Waals surface area (Å²) in [6.07, 6.45) is 0. The number of aryl methyl sites for hydroxylation is 2. The molecular weight excluding hydrogens is 216 g/mol. The molecule has 4 heteroatoms. The minimum atomic E-state index is -0.247. The van der Waals surface area contributed by atoms with E-state index in [2.05, 4.69) is 10.5 Å². The number of amides is 1. The summed E-state index contributed by atoms with van der Waals surface area (Å²) < 4.78 is 4.96. The molecule has 1 heterocycles. The molecule has 1 aromatic heterocycles. The van der Waals surface area contributed by atoms with E-state index in [1.54, 1.807) is 6.92 Å². The maximum absolute atomic E-state index is 11.9. The van der Waals surface area contributed by atoms with Gasteiger partial charge in [0.15, 0.2) is 5.69 Å². The lowest BCUT2D eigenvalue weighted by molar-refractivity contribution is 0.101. The molecule has 1 amide bonds. The number of hydrogen-bond donors (Lipinski definition) is 1. The van der Waals surface area contributed by atoms with Crippen molar-refractivity contribution in [2.75, 3.05) is 5.32 Å². The lowest BCUT2D eigenvalue weighted by Gasteiger charge is -2.03. The Morgan fingerprint density at radius 2 is 1.82 bits per heavy atom. The first-order valence-electron chi connectivity index (χ1n) is 5.39. The van der Waals surface area contributed by atoms with Gasteiger partial charge in [0.2, 0.25) is 0 Å². The maximum atomic E-state index is 11.9. The van der Waals surface area contributed by atoms with Crippen molar-refractivity contribution in [1.82, 2.24) is 5.16 Å². The van der Waals surface area contributed by atoms with E-state index in [1.807, 2.05) is 38.1 Å². The zero-order valence-corrected chi connectivity index (χ0v) is 10.1. The van der Waals surface area contributed by atoms with Gasteiger partial charge in [0.25, 0.3) is 5.91 Å². The highest BCUT2D eigenvalue weighted by Gasteiger charge is 2.16. The highest BCUT2D eigenvalue weighted by atomic mass is 16.5. The van der Waals surface area contributed by atoms with Crippen molar-refractivity contribution in [3.05, 3.63) is 46.8 Å². The van der Waals surface area contributed by atoms with Gasteiger partial charge in [0.1, 0.15) is 5.76 Å². The van der Waals surface area contributed by atoms with Crippen LogP contribution in [-0.4, -0.2) is 11.1 Å². The average Bonchev–Trinajstić information content (AvgIpc) is 2.63. The predicted molar refractivity (Wildman–Crippen MR) is 65.1 cm³/mol. The molecule has 17 heavy (non-hydrogen) atoms. The lowest BCUT2D eigenvalue weighted by Crippen LogP contribution is -2.13. The van der Waals surface area contributed by atoms with E-state index in [0.717, 1.165) is 16.8 Å². The highest BCUT2D eigenvalue weighted by molar-refractivity contribution is 6.03. The number of nitrogens with zero attached hydrogens (tertiary/aromatic N) is 1. The minimum absolute atomic E-state index is 0.247. The number of aromatic nitrogens is 1. The number of benzene rings is 1. The fourth-order valence-corrected chi connectivity index (χ4v) is 1.46. The topological polar surface area (TPSA) is 55.1 Å². The molecule has 1 N–H and O–H groups in total. The third-order valence-corrected chi connectivity index (χ3v) is 2.68. The van der Waals surface area contributed by atoms with Crippen molar-refractivity contribution in [3.8, 4) is 0 Å². The number of carbonyl (C=O) groups is 1. The van der Waals surface area contributed by atoms with Gasteiger partial charge >= 0.3 is 0 Å². The molecule has 0 aliphatic rings. The van der Waals surface area contributed by atoms with Gasteiger partial charge in [0, 0.05) is 11.3 Å². The molecular formula is C13H14N2O2. The average molecular weight is 230 g/mol. The largest absolute Gasteiger partial charge is 0.361 e. The zero-order chi connectivity index (χ0) is 12.4. The Labute approximate surface area is 99.6 Å². The predicted octanol–water partition coefficient (Wildman–Crippen LogP) is 2.85. The summed E-state index contributed by atoms with van der Waals surface area (Å²) in [5.41, 5.74) is 3.01. The summed E-state index contributed by atoms with van der Waals surface area (Å²) in [6.45, 7) is 5.59. The molecule has 0 saturated carbocycles. The SMILES string of the molecule is Cc1ccc(NC(=O)c2noc(C)c2C)cc1. The van der Waals surface area contributed by atoms with E-state index < -0.39 is 0 Å². The fraction of sp³-hybridized carbons (Fsp3) is 0.231. The van der Waals surface area contributed by atoms with E-state index in [1.165, 1.54) is 0 Å². The van der Waals surface area contributed by atoms with Crippen LogP contribution in [0.1, 0.15) is 27.4 Å². The van der Waals surface area contributed by atoms with Gasteiger partial charge in [-0.3, -0.25) is 4.79 Å². The second kappa shape index (κ2) is 4.41. The molecule has 0 atom stereocenters. The summed E-state index contributed by atoms with van der Waals surface area (Å²) in [7, 11) is 0. The Kier molecular flexibility index (Phi) is 2.95. The van der Waals surface area contributed by atoms with Crippen molar-refractivity contribution in [3.63, 3.8) is 0 Å².